The monoisotopic (exact) mass is 190 g/mol. The molecule has 70 valence electrons. The molecule has 2 rings (SSSR count). The summed E-state index contributed by atoms with van der Waals surface area (Å²) in [7, 11) is 0. The van der Waals surface area contributed by atoms with E-state index in [0.717, 1.165) is 0 Å². The molecule has 0 unspecified atom stereocenters. The van der Waals surface area contributed by atoms with Crippen LogP contribution in [0.1, 0.15) is 12.0 Å². The molecule has 5 nitrogen and oxygen atoms in total. The van der Waals surface area contributed by atoms with Crippen LogP contribution in [0.2, 0.25) is 0 Å². The molecule has 1 aromatic heterocycles. The summed E-state index contributed by atoms with van der Waals surface area (Å²) in [4.78, 5) is 29.3. The molecule has 0 aromatic carbocycles. The first-order valence-electron chi connectivity index (χ1n) is 3.96. The van der Waals surface area contributed by atoms with Crippen molar-refractivity contribution in [3.63, 3.8) is 0 Å². The quantitative estimate of drug-likeness (QED) is 0.362. The van der Waals surface area contributed by atoms with E-state index in [1.807, 2.05) is 0 Å². The molecule has 0 bridgehead atoms. The highest BCUT2D eigenvalue weighted by atomic mass is 16.6. The summed E-state index contributed by atoms with van der Waals surface area (Å²) in [6, 6.07) is 0. The number of carbonyl (C=O) groups excluding carboxylic acids is 2. The Kier molecular flexibility index (Phi) is 2.06. The molecular weight excluding hydrogens is 184 g/mol. The Morgan fingerprint density at radius 3 is 2.57 bits per heavy atom. The van der Waals surface area contributed by atoms with Crippen molar-refractivity contribution in [2.24, 2.45) is 0 Å². The number of aromatic nitrogens is 2. The van der Waals surface area contributed by atoms with Gasteiger partial charge in [0.25, 0.3) is 0 Å². The largest absolute Gasteiger partial charge is 0.389 e. The summed E-state index contributed by atoms with van der Waals surface area (Å²) < 4.78 is 4.36. The first kappa shape index (κ1) is 8.55. The molecule has 0 saturated carbocycles. The Balaban J connectivity index is 2.28. The lowest BCUT2D eigenvalue weighted by Gasteiger charge is -1.91. The molecule has 1 aliphatic heterocycles. The first-order valence-corrected chi connectivity index (χ1v) is 3.96. The molecule has 5 heteroatoms. The number of hydrogen-bond acceptors (Lipinski definition) is 5. The summed E-state index contributed by atoms with van der Waals surface area (Å²) >= 11 is 0. The van der Waals surface area contributed by atoms with Gasteiger partial charge in [-0.3, -0.25) is 4.79 Å². The number of esters is 2. The van der Waals surface area contributed by atoms with Gasteiger partial charge >= 0.3 is 11.9 Å². The third-order valence-electron chi connectivity index (χ3n) is 1.72. The third-order valence-corrected chi connectivity index (χ3v) is 1.72. The predicted molar refractivity (Wildman–Crippen MR) is 45.7 cm³/mol. The van der Waals surface area contributed by atoms with Crippen molar-refractivity contribution in [1.29, 1.82) is 0 Å². The fourth-order valence-electron chi connectivity index (χ4n) is 1.13. The van der Waals surface area contributed by atoms with Gasteiger partial charge in [0, 0.05) is 23.5 Å². The lowest BCUT2D eigenvalue weighted by molar-refractivity contribution is -0.151. The standard InChI is InChI=1S/C9H6N2O3/c12-8-2-7(9(13)14-8)1-6-3-10-5-11-4-6/h1,3-5H,2H2/b7-1+. The number of cyclic esters (lactones) is 2. The normalized spacial score (nSPS) is 18.7. The number of rotatable bonds is 1. The van der Waals surface area contributed by atoms with Crippen LogP contribution in [0.4, 0.5) is 0 Å². The summed E-state index contributed by atoms with van der Waals surface area (Å²) in [6.07, 6.45) is 6.06. The zero-order valence-corrected chi connectivity index (χ0v) is 7.14. The minimum atomic E-state index is -0.584. The Labute approximate surface area is 79.4 Å². The Morgan fingerprint density at radius 1 is 1.29 bits per heavy atom. The van der Waals surface area contributed by atoms with Gasteiger partial charge in [0.15, 0.2) is 0 Å². The van der Waals surface area contributed by atoms with Crippen LogP contribution in [0, 0.1) is 0 Å². The van der Waals surface area contributed by atoms with E-state index in [0.29, 0.717) is 11.1 Å². The average Bonchev–Trinajstić information content (AvgIpc) is 2.47. The zero-order chi connectivity index (χ0) is 9.97. The molecule has 0 radical (unpaired) electrons. The van der Waals surface area contributed by atoms with E-state index in [4.69, 9.17) is 0 Å². The SMILES string of the molecule is O=C1C/C(=C\c2cncnc2)C(=O)O1. The van der Waals surface area contributed by atoms with Gasteiger partial charge in [-0.1, -0.05) is 0 Å². The molecule has 2 heterocycles. The van der Waals surface area contributed by atoms with E-state index in [9.17, 15) is 9.59 Å². The van der Waals surface area contributed by atoms with E-state index in [1.165, 1.54) is 6.33 Å². The Hall–Kier alpha value is -2.04. The van der Waals surface area contributed by atoms with Gasteiger partial charge in [-0.15, -0.1) is 0 Å². The second-order valence-corrected chi connectivity index (χ2v) is 2.78. The smallest absolute Gasteiger partial charge is 0.342 e. The van der Waals surface area contributed by atoms with Crippen molar-refractivity contribution in [2.45, 2.75) is 6.42 Å². The van der Waals surface area contributed by atoms with Gasteiger partial charge in [0.1, 0.15) is 6.33 Å². The van der Waals surface area contributed by atoms with E-state index in [-0.39, 0.29) is 6.42 Å². The van der Waals surface area contributed by atoms with Crippen LogP contribution < -0.4 is 0 Å². The predicted octanol–water partition coefficient (Wildman–Crippen LogP) is 0.333. The highest BCUT2D eigenvalue weighted by Crippen LogP contribution is 2.17. The number of hydrogen-bond donors (Lipinski definition) is 0. The van der Waals surface area contributed by atoms with Gasteiger partial charge in [-0.05, 0) is 6.08 Å². The van der Waals surface area contributed by atoms with Gasteiger partial charge in [0.2, 0.25) is 0 Å². The maximum atomic E-state index is 11.0. The van der Waals surface area contributed by atoms with Crippen molar-refractivity contribution in [1.82, 2.24) is 9.97 Å². The molecule has 0 atom stereocenters. The molecule has 0 aliphatic carbocycles. The summed E-state index contributed by atoms with van der Waals surface area (Å²) in [6.45, 7) is 0. The van der Waals surface area contributed by atoms with Crippen molar-refractivity contribution in [2.75, 3.05) is 0 Å². The third kappa shape index (κ3) is 1.66. The highest BCUT2D eigenvalue weighted by molar-refractivity contribution is 6.08. The molecule has 1 aliphatic rings. The zero-order valence-electron chi connectivity index (χ0n) is 7.14. The Morgan fingerprint density at radius 2 is 2.00 bits per heavy atom. The molecule has 0 N–H and O–H groups in total. The minimum Gasteiger partial charge on any atom is -0.389 e. The van der Waals surface area contributed by atoms with Crippen LogP contribution in [0.3, 0.4) is 0 Å². The molecule has 1 saturated heterocycles. The molecular formula is C9H6N2O3. The second-order valence-electron chi connectivity index (χ2n) is 2.78. The van der Waals surface area contributed by atoms with Gasteiger partial charge in [0.05, 0.1) is 6.42 Å². The highest BCUT2D eigenvalue weighted by Gasteiger charge is 2.26. The number of nitrogens with zero attached hydrogens (tertiary/aromatic N) is 2. The van der Waals surface area contributed by atoms with Crippen molar-refractivity contribution in [3.05, 3.63) is 29.9 Å². The van der Waals surface area contributed by atoms with E-state index in [2.05, 4.69) is 14.7 Å². The lowest BCUT2D eigenvalue weighted by Crippen LogP contribution is -1.96. The molecule has 1 fully saturated rings. The molecule has 1 aromatic rings. The first-order chi connectivity index (χ1) is 6.75. The maximum Gasteiger partial charge on any atom is 0.342 e. The summed E-state index contributed by atoms with van der Waals surface area (Å²) in [5, 5.41) is 0. The van der Waals surface area contributed by atoms with Crippen molar-refractivity contribution < 1.29 is 14.3 Å². The van der Waals surface area contributed by atoms with Crippen LogP contribution in [-0.2, 0) is 14.3 Å². The van der Waals surface area contributed by atoms with E-state index < -0.39 is 11.9 Å². The second kappa shape index (κ2) is 3.37. The van der Waals surface area contributed by atoms with Gasteiger partial charge < -0.3 is 4.74 Å². The summed E-state index contributed by atoms with van der Waals surface area (Å²) in [5.41, 5.74) is 1.01. The summed E-state index contributed by atoms with van der Waals surface area (Å²) in [5.74, 6) is -1.10. The van der Waals surface area contributed by atoms with Crippen LogP contribution in [0.25, 0.3) is 6.08 Å². The lowest BCUT2D eigenvalue weighted by atomic mass is 10.1. The van der Waals surface area contributed by atoms with Gasteiger partial charge in [-0.25, -0.2) is 14.8 Å². The number of carbonyl (C=O) groups is 2. The minimum absolute atomic E-state index is 0.0216. The van der Waals surface area contributed by atoms with Crippen LogP contribution >= 0.6 is 0 Å². The van der Waals surface area contributed by atoms with Crippen LogP contribution in [0.5, 0.6) is 0 Å². The molecule has 0 amide bonds. The van der Waals surface area contributed by atoms with E-state index >= 15 is 0 Å². The average molecular weight is 190 g/mol. The van der Waals surface area contributed by atoms with E-state index in [1.54, 1.807) is 18.5 Å². The number of ether oxygens (including phenoxy) is 1. The fraction of sp³-hybridized carbons (Fsp3) is 0.111. The maximum absolute atomic E-state index is 11.0. The van der Waals surface area contributed by atoms with Crippen LogP contribution in [0.15, 0.2) is 24.3 Å². The van der Waals surface area contributed by atoms with Gasteiger partial charge in [-0.2, -0.15) is 0 Å². The molecule has 0 spiro atoms. The van der Waals surface area contributed by atoms with Crippen LogP contribution in [-0.4, -0.2) is 21.9 Å². The topological polar surface area (TPSA) is 69.2 Å². The van der Waals surface area contributed by atoms with Crippen molar-refractivity contribution in [3.8, 4) is 0 Å². The molecule has 14 heavy (non-hydrogen) atoms. The Bertz CT molecular complexity index is 411. The fourth-order valence-corrected chi connectivity index (χ4v) is 1.13. The van der Waals surface area contributed by atoms with Crippen molar-refractivity contribution >= 4 is 18.0 Å².